The minimum absolute atomic E-state index is 0.646. The van der Waals surface area contributed by atoms with Gasteiger partial charge in [0, 0.05) is 28.6 Å². The second-order valence-corrected chi connectivity index (χ2v) is 3.72. The molecule has 0 saturated heterocycles. The Morgan fingerprint density at radius 3 is 3.00 bits per heavy atom. The van der Waals surface area contributed by atoms with Crippen LogP contribution < -0.4 is 5.32 Å². The summed E-state index contributed by atoms with van der Waals surface area (Å²) in [4.78, 5) is 0. The smallest absolute Gasteiger partial charge is 0.151 e. The van der Waals surface area contributed by atoms with Crippen molar-refractivity contribution in [2.24, 2.45) is 0 Å². The summed E-state index contributed by atoms with van der Waals surface area (Å²) in [5.41, 5.74) is 3.82. The lowest BCUT2D eigenvalue weighted by molar-refractivity contribution is 0.266. The first-order chi connectivity index (χ1) is 7.84. The van der Waals surface area contributed by atoms with Gasteiger partial charge in [0.2, 0.25) is 0 Å². The Hall–Kier alpha value is -2.07. The molecular weight excluding hydrogens is 202 g/mol. The summed E-state index contributed by atoms with van der Waals surface area (Å²) in [6, 6.07) is 7.85. The SMILES string of the molecule is OC1Nc2ccccc2/C1=C/c1cn[nH]c1. The lowest BCUT2D eigenvalue weighted by Gasteiger charge is -2.04. The average Bonchev–Trinajstić information content (AvgIpc) is 2.89. The first-order valence-electron chi connectivity index (χ1n) is 5.09. The molecule has 3 N–H and O–H groups in total. The maximum atomic E-state index is 9.90. The molecule has 1 aromatic heterocycles. The summed E-state index contributed by atoms with van der Waals surface area (Å²) in [5.74, 6) is 0. The molecule has 0 saturated carbocycles. The van der Waals surface area contributed by atoms with Crippen LogP contribution in [-0.4, -0.2) is 21.5 Å². The molecule has 1 unspecified atom stereocenters. The number of rotatable bonds is 1. The molecule has 0 spiro atoms. The number of para-hydroxylation sites is 1. The van der Waals surface area contributed by atoms with Crippen LogP contribution >= 0.6 is 0 Å². The zero-order valence-electron chi connectivity index (χ0n) is 8.51. The summed E-state index contributed by atoms with van der Waals surface area (Å²) in [5, 5.41) is 19.5. The topological polar surface area (TPSA) is 60.9 Å². The summed E-state index contributed by atoms with van der Waals surface area (Å²) >= 11 is 0. The third-order valence-corrected chi connectivity index (χ3v) is 2.67. The fourth-order valence-corrected chi connectivity index (χ4v) is 1.91. The fraction of sp³-hybridized carbons (Fsp3) is 0.0833. The number of aromatic amines is 1. The maximum Gasteiger partial charge on any atom is 0.151 e. The van der Waals surface area contributed by atoms with Gasteiger partial charge in [-0.3, -0.25) is 5.10 Å². The Balaban J connectivity index is 2.08. The zero-order valence-corrected chi connectivity index (χ0v) is 8.51. The van der Waals surface area contributed by atoms with E-state index in [4.69, 9.17) is 0 Å². The largest absolute Gasteiger partial charge is 0.369 e. The van der Waals surface area contributed by atoms with E-state index in [1.54, 1.807) is 12.4 Å². The minimum atomic E-state index is -0.646. The highest BCUT2D eigenvalue weighted by Gasteiger charge is 2.23. The number of nitrogens with one attached hydrogen (secondary N) is 2. The van der Waals surface area contributed by atoms with Crippen LogP contribution in [0.15, 0.2) is 36.7 Å². The van der Waals surface area contributed by atoms with Gasteiger partial charge in [-0.1, -0.05) is 18.2 Å². The molecule has 0 fully saturated rings. The molecule has 0 radical (unpaired) electrons. The number of benzene rings is 1. The van der Waals surface area contributed by atoms with E-state index < -0.39 is 6.23 Å². The summed E-state index contributed by atoms with van der Waals surface area (Å²) in [7, 11) is 0. The Morgan fingerprint density at radius 2 is 2.19 bits per heavy atom. The van der Waals surface area contributed by atoms with Gasteiger partial charge in [-0.05, 0) is 12.1 Å². The van der Waals surface area contributed by atoms with Gasteiger partial charge < -0.3 is 10.4 Å². The molecule has 1 aliphatic rings. The van der Waals surface area contributed by atoms with Crippen molar-refractivity contribution < 1.29 is 5.11 Å². The molecule has 3 rings (SSSR count). The number of hydrogen-bond acceptors (Lipinski definition) is 3. The van der Waals surface area contributed by atoms with Crippen LogP contribution in [0, 0.1) is 0 Å². The van der Waals surface area contributed by atoms with Crippen LogP contribution in [0.4, 0.5) is 5.69 Å². The van der Waals surface area contributed by atoms with Crippen LogP contribution in [0.1, 0.15) is 11.1 Å². The molecule has 80 valence electrons. The predicted octanol–water partition coefficient (Wildman–Crippen LogP) is 1.69. The first kappa shape index (κ1) is 9.18. The second kappa shape index (κ2) is 3.50. The summed E-state index contributed by atoms with van der Waals surface area (Å²) in [6.07, 6.45) is 4.79. The van der Waals surface area contributed by atoms with Crippen LogP contribution in [-0.2, 0) is 0 Å². The number of fused-ring (bicyclic) bond motifs is 1. The van der Waals surface area contributed by atoms with Crippen molar-refractivity contribution in [1.29, 1.82) is 0 Å². The molecular formula is C12H11N3O. The maximum absolute atomic E-state index is 9.90. The number of nitrogens with zero attached hydrogens (tertiary/aromatic N) is 1. The minimum Gasteiger partial charge on any atom is -0.369 e. The summed E-state index contributed by atoms with van der Waals surface area (Å²) < 4.78 is 0. The number of aliphatic hydroxyl groups excluding tert-OH is 1. The Morgan fingerprint density at radius 1 is 1.31 bits per heavy atom. The number of hydrogen-bond donors (Lipinski definition) is 3. The van der Waals surface area contributed by atoms with Crippen LogP contribution in [0.2, 0.25) is 0 Å². The molecule has 4 heteroatoms. The van der Waals surface area contributed by atoms with Crippen molar-refractivity contribution >= 4 is 17.3 Å². The molecule has 1 aliphatic heterocycles. The van der Waals surface area contributed by atoms with E-state index in [0.29, 0.717) is 0 Å². The van der Waals surface area contributed by atoms with Crippen molar-refractivity contribution in [2.45, 2.75) is 6.23 Å². The molecule has 4 nitrogen and oxygen atoms in total. The van der Waals surface area contributed by atoms with Crippen LogP contribution in [0.25, 0.3) is 11.6 Å². The number of aromatic nitrogens is 2. The Kier molecular flexibility index (Phi) is 2.01. The molecule has 1 aromatic carbocycles. The lowest BCUT2D eigenvalue weighted by Crippen LogP contribution is -2.12. The van der Waals surface area contributed by atoms with Crippen molar-refractivity contribution in [3.05, 3.63) is 47.8 Å². The lowest BCUT2D eigenvalue weighted by atomic mass is 10.1. The predicted molar refractivity (Wildman–Crippen MR) is 62.5 cm³/mol. The van der Waals surface area contributed by atoms with Crippen LogP contribution in [0.3, 0.4) is 0 Å². The normalized spacial score (nSPS) is 20.8. The monoisotopic (exact) mass is 213 g/mol. The highest BCUT2D eigenvalue weighted by Crippen LogP contribution is 2.34. The van der Waals surface area contributed by atoms with Gasteiger partial charge in [-0.2, -0.15) is 5.10 Å². The van der Waals surface area contributed by atoms with Gasteiger partial charge in [0.05, 0.1) is 6.20 Å². The van der Waals surface area contributed by atoms with Crippen molar-refractivity contribution in [3.63, 3.8) is 0 Å². The van der Waals surface area contributed by atoms with Crippen molar-refractivity contribution in [1.82, 2.24) is 10.2 Å². The van der Waals surface area contributed by atoms with E-state index in [2.05, 4.69) is 15.5 Å². The van der Waals surface area contributed by atoms with Gasteiger partial charge >= 0.3 is 0 Å². The fourth-order valence-electron chi connectivity index (χ4n) is 1.91. The molecule has 1 atom stereocenters. The molecule has 0 amide bonds. The van der Waals surface area contributed by atoms with Crippen molar-refractivity contribution in [3.8, 4) is 0 Å². The third kappa shape index (κ3) is 1.40. The summed E-state index contributed by atoms with van der Waals surface area (Å²) in [6.45, 7) is 0. The van der Waals surface area contributed by atoms with E-state index in [1.165, 1.54) is 0 Å². The average molecular weight is 213 g/mol. The van der Waals surface area contributed by atoms with Gasteiger partial charge in [0.25, 0.3) is 0 Å². The number of H-pyrrole nitrogens is 1. The van der Waals surface area contributed by atoms with E-state index in [-0.39, 0.29) is 0 Å². The van der Waals surface area contributed by atoms with Crippen molar-refractivity contribution in [2.75, 3.05) is 5.32 Å². The van der Waals surface area contributed by atoms with Gasteiger partial charge in [-0.15, -0.1) is 0 Å². The molecule has 0 bridgehead atoms. The highest BCUT2D eigenvalue weighted by molar-refractivity contribution is 5.93. The quantitative estimate of drug-likeness (QED) is 0.675. The van der Waals surface area contributed by atoms with Gasteiger partial charge in [-0.25, -0.2) is 0 Å². The Labute approximate surface area is 92.6 Å². The van der Waals surface area contributed by atoms with E-state index in [1.807, 2.05) is 30.3 Å². The van der Waals surface area contributed by atoms with E-state index in [9.17, 15) is 5.11 Å². The molecule has 2 aromatic rings. The van der Waals surface area contributed by atoms with E-state index in [0.717, 1.165) is 22.4 Å². The van der Waals surface area contributed by atoms with Gasteiger partial charge in [0.1, 0.15) is 0 Å². The second-order valence-electron chi connectivity index (χ2n) is 3.72. The molecule has 0 aliphatic carbocycles. The molecule has 2 heterocycles. The Bertz CT molecular complexity index is 531. The standard InChI is InChI=1S/C12H11N3O/c16-12-10(5-8-6-13-14-7-8)9-3-1-2-4-11(9)15-12/h1-7,12,15-16H,(H,13,14)/b10-5-. The van der Waals surface area contributed by atoms with E-state index >= 15 is 0 Å². The number of aliphatic hydroxyl groups is 1. The third-order valence-electron chi connectivity index (χ3n) is 2.67. The molecule has 16 heavy (non-hydrogen) atoms. The van der Waals surface area contributed by atoms with Gasteiger partial charge in [0.15, 0.2) is 6.23 Å². The van der Waals surface area contributed by atoms with Crippen LogP contribution in [0.5, 0.6) is 0 Å². The number of anilines is 1. The first-order valence-corrected chi connectivity index (χ1v) is 5.09. The highest BCUT2D eigenvalue weighted by atomic mass is 16.3. The zero-order chi connectivity index (χ0) is 11.0.